The number of aryl methyl sites for hydroxylation is 1. The molecule has 2 rings (SSSR count). The van der Waals surface area contributed by atoms with E-state index >= 15 is 0 Å². The van der Waals surface area contributed by atoms with Gasteiger partial charge in [-0.15, -0.1) is 0 Å². The van der Waals surface area contributed by atoms with E-state index in [0.29, 0.717) is 18.7 Å². The fourth-order valence-electron chi connectivity index (χ4n) is 2.69. The second-order valence-corrected chi connectivity index (χ2v) is 5.71. The number of carbonyl (C=O) groups is 1. The topological polar surface area (TPSA) is 32.3 Å². The zero-order valence-corrected chi connectivity index (χ0v) is 12.6. The SMILES string of the molecule is CCc1ccc(NC(=O)CN2CCCC(C(F)(F)F)C2)cc1. The standard InChI is InChI=1S/C16H21F3N2O/c1-2-12-5-7-14(8-6-12)20-15(22)11-21-9-3-4-13(10-21)16(17,18)19/h5-8,13H,2-4,9-11H2,1H3,(H,20,22). The summed E-state index contributed by atoms with van der Waals surface area (Å²) in [5, 5.41) is 2.73. The number of hydrogen-bond acceptors (Lipinski definition) is 2. The third kappa shape index (κ3) is 4.73. The van der Waals surface area contributed by atoms with E-state index < -0.39 is 12.1 Å². The highest BCUT2D eigenvalue weighted by atomic mass is 19.4. The molecule has 1 unspecified atom stereocenters. The minimum Gasteiger partial charge on any atom is -0.325 e. The van der Waals surface area contributed by atoms with Gasteiger partial charge in [0.05, 0.1) is 12.5 Å². The first-order valence-electron chi connectivity index (χ1n) is 7.56. The van der Waals surface area contributed by atoms with Crippen molar-refractivity contribution in [1.82, 2.24) is 4.90 Å². The molecule has 1 saturated heterocycles. The molecule has 1 atom stereocenters. The Morgan fingerprint density at radius 1 is 1.32 bits per heavy atom. The van der Waals surface area contributed by atoms with Crippen molar-refractivity contribution in [3.05, 3.63) is 29.8 Å². The minimum absolute atomic E-state index is 0.00209. The van der Waals surface area contributed by atoms with Gasteiger partial charge in [-0.1, -0.05) is 19.1 Å². The lowest BCUT2D eigenvalue weighted by Gasteiger charge is -2.33. The van der Waals surface area contributed by atoms with Crippen molar-refractivity contribution in [3.8, 4) is 0 Å². The minimum atomic E-state index is -4.18. The second-order valence-electron chi connectivity index (χ2n) is 5.71. The van der Waals surface area contributed by atoms with Gasteiger partial charge in [-0.2, -0.15) is 13.2 Å². The number of nitrogens with one attached hydrogen (secondary N) is 1. The first-order chi connectivity index (χ1) is 10.4. The third-order valence-electron chi connectivity index (χ3n) is 3.98. The molecular weight excluding hydrogens is 293 g/mol. The summed E-state index contributed by atoms with van der Waals surface area (Å²) in [6.07, 6.45) is -2.63. The average Bonchev–Trinajstić information content (AvgIpc) is 2.47. The number of hydrogen-bond donors (Lipinski definition) is 1. The van der Waals surface area contributed by atoms with E-state index in [4.69, 9.17) is 0 Å². The molecule has 0 spiro atoms. The van der Waals surface area contributed by atoms with E-state index in [1.807, 2.05) is 31.2 Å². The number of piperidine rings is 1. The number of benzene rings is 1. The number of halogens is 3. The smallest absolute Gasteiger partial charge is 0.325 e. The number of rotatable bonds is 4. The Kier molecular flexibility index (Phi) is 5.45. The van der Waals surface area contributed by atoms with Crippen LogP contribution in [0.3, 0.4) is 0 Å². The van der Waals surface area contributed by atoms with Crippen molar-refractivity contribution in [2.75, 3.05) is 25.0 Å². The first-order valence-corrected chi connectivity index (χ1v) is 7.56. The van der Waals surface area contributed by atoms with E-state index in [9.17, 15) is 18.0 Å². The first kappa shape index (κ1) is 16.8. The van der Waals surface area contributed by atoms with Crippen LogP contribution in [0.2, 0.25) is 0 Å². The lowest BCUT2D eigenvalue weighted by Crippen LogP contribution is -2.44. The van der Waals surface area contributed by atoms with Crippen LogP contribution < -0.4 is 5.32 Å². The summed E-state index contributed by atoms with van der Waals surface area (Å²) in [5.41, 5.74) is 1.84. The summed E-state index contributed by atoms with van der Waals surface area (Å²) in [5.74, 6) is -1.59. The Bertz CT molecular complexity index is 499. The molecule has 0 bridgehead atoms. The van der Waals surface area contributed by atoms with Gasteiger partial charge in [-0.05, 0) is 43.5 Å². The molecule has 0 aromatic heterocycles. The van der Waals surface area contributed by atoms with Gasteiger partial charge in [-0.25, -0.2) is 0 Å². The van der Waals surface area contributed by atoms with E-state index in [1.165, 1.54) is 5.56 Å². The van der Waals surface area contributed by atoms with Gasteiger partial charge in [0.25, 0.3) is 0 Å². The predicted octanol–water partition coefficient (Wildman–Crippen LogP) is 3.46. The van der Waals surface area contributed by atoms with Crippen molar-refractivity contribution in [1.29, 1.82) is 0 Å². The van der Waals surface area contributed by atoms with Crippen LogP contribution in [0.5, 0.6) is 0 Å². The normalized spacial score (nSPS) is 19.9. The molecule has 1 N–H and O–H groups in total. The molecule has 6 heteroatoms. The number of alkyl halides is 3. The van der Waals surface area contributed by atoms with E-state index in [0.717, 1.165) is 6.42 Å². The Hall–Kier alpha value is -1.56. The third-order valence-corrected chi connectivity index (χ3v) is 3.98. The maximum absolute atomic E-state index is 12.7. The zero-order chi connectivity index (χ0) is 16.2. The molecule has 1 aliphatic heterocycles. The van der Waals surface area contributed by atoms with E-state index in [1.54, 1.807) is 4.90 Å². The molecule has 1 aliphatic rings. The van der Waals surface area contributed by atoms with E-state index in [2.05, 4.69) is 5.32 Å². The number of carbonyl (C=O) groups excluding carboxylic acids is 1. The molecule has 1 amide bonds. The van der Waals surface area contributed by atoms with Crippen LogP contribution in [-0.2, 0) is 11.2 Å². The molecule has 122 valence electrons. The van der Waals surface area contributed by atoms with Crippen LogP contribution in [0, 0.1) is 5.92 Å². The van der Waals surface area contributed by atoms with Gasteiger partial charge >= 0.3 is 6.18 Å². The van der Waals surface area contributed by atoms with Gasteiger partial charge in [0.2, 0.25) is 5.91 Å². The molecule has 0 radical (unpaired) electrons. The number of anilines is 1. The van der Waals surface area contributed by atoms with Gasteiger partial charge in [0.15, 0.2) is 0 Å². The van der Waals surface area contributed by atoms with Crippen molar-refractivity contribution < 1.29 is 18.0 Å². The number of nitrogens with zero attached hydrogens (tertiary/aromatic N) is 1. The highest BCUT2D eigenvalue weighted by Gasteiger charge is 2.41. The monoisotopic (exact) mass is 314 g/mol. The van der Waals surface area contributed by atoms with Crippen molar-refractivity contribution in [2.24, 2.45) is 5.92 Å². The Morgan fingerprint density at radius 2 is 2.00 bits per heavy atom. The zero-order valence-electron chi connectivity index (χ0n) is 12.6. The summed E-state index contributed by atoms with van der Waals surface area (Å²) < 4.78 is 38.2. The molecule has 1 aromatic rings. The Labute approximate surface area is 128 Å². The lowest BCUT2D eigenvalue weighted by atomic mass is 9.97. The Balaban J connectivity index is 1.85. The maximum Gasteiger partial charge on any atom is 0.393 e. The lowest BCUT2D eigenvalue weighted by molar-refractivity contribution is -0.186. The summed E-state index contributed by atoms with van der Waals surface area (Å²) in [4.78, 5) is 13.5. The quantitative estimate of drug-likeness (QED) is 0.923. The molecule has 0 saturated carbocycles. The van der Waals surface area contributed by atoms with Crippen molar-refractivity contribution in [2.45, 2.75) is 32.4 Å². The van der Waals surface area contributed by atoms with Crippen LogP contribution >= 0.6 is 0 Å². The maximum atomic E-state index is 12.7. The fourth-order valence-corrected chi connectivity index (χ4v) is 2.69. The molecule has 22 heavy (non-hydrogen) atoms. The summed E-state index contributed by atoms with van der Waals surface area (Å²) in [6.45, 7) is 2.49. The highest BCUT2D eigenvalue weighted by molar-refractivity contribution is 5.92. The second kappa shape index (κ2) is 7.13. The molecule has 1 aromatic carbocycles. The highest BCUT2D eigenvalue weighted by Crippen LogP contribution is 2.32. The molecular formula is C16H21F3N2O. The molecule has 0 aliphatic carbocycles. The summed E-state index contributed by atoms with van der Waals surface area (Å²) in [6, 6.07) is 7.48. The van der Waals surface area contributed by atoms with Crippen molar-refractivity contribution in [3.63, 3.8) is 0 Å². The van der Waals surface area contributed by atoms with Gasteiger partial charge in [0, 0.05) is 12.2 Å². The fraction of sp³-hybridized carbons (Fsp3) is 0.562. The molecule has 1 fully saturated rings. The average molecular weight is 314 g/mol. The molecule has 1 heterocycles. The largest absolute Gasteiger partial charge is 0.393 e. The number of amides is 1. The van der Waals surface area contributed by atoms with Gasteiger partial charge in [-0.3, -0.25) is 9.69 Å². The summed E-state index contributed by atoms with van der Waals surface area (Å²) >= 11 is 0. The van der Waals surface area contributed by atoms with Gasteiger partial charge < -0.3 is 5.32 Å². The summed E-state index contributed by atoms with van der Waals surface area (Å²) in [7, 11) is 0. The van der Waals surface area contributed by atoms with Crippen LogP contribution in [0.25, 0.3) is 0 Å². The van der Waals surface area contributed by atoms with Crippen LogP contribution in [-0.4, -0.2) is 36.6 Å². The number of likely N-dealkylation sites (tertiary alicyclic amines) is 1. The van der Waals surface area contributed by atoms with E-state index in [-0.39, 0.29) is 25.4 Å². The Morgan fingerprint density at radius 3 is 2.59 bits per heavy atom. The van der Waals surface area contributed by atoms with Gasteiger partial charge in [0.1, 0.15) is 0 Å². The van der Waals surface area contributed by atoms with Crippen LogP contribution in [0.1, 0.15) is 25.3 Å². The van der Waals surface area contributed by atoms with Crippen LogP contribution in [0.4, 0.5) is 18.9 Å². The molecule has 3 nitrogen and oxygen atoms in total. The van der Waals surface area contributed by atoms with Crippen LogP contribution in [0.15, 0.2) is 24.3 Å². The van der Waals surface area contributed by atoms with Crippen molar-refractivity contribution >= 4 is 11.6 Å². The predicted molar refractivity (Wildman–Crippen MR) is 79.7 cm³/mol.